The van der Waals surface area contributed by atoms with Crippen molar-refractivity contribution in [3.63, 3.8) is 0 Å². The van der Waals surface area contributed by atoms with E-state index < -0.39 is 0 Å². The lowest BCUT2D eigenvalue weighted by atomic mass is 10.1. The van der Waals surface area contributed by atoms with Crippen molar-refractivity contribution < 1.29 is 0 Å². The molecule has 0 saturated heterocycles. The molecule has 1 N–H and O–H groups in total. The van der Waals surface area contributed by atoms with Crippen LogP contribution < -0.4 is 0 Å². The van der Waals surface area contributed by atoms with Gasteiger partial charge in [0.25, 0.3) is 0 Å². The molecule has 3 rings (SSSR count). The molecule has 1 unspecified atom stereocenters. The highest BCUT2D eigenvalue weighted by Gasteiger charge is 2.23. The van der Waals surface area contributed by atoms with E-state index in [4.69, 9.17) is 4.99 Å². The first-order valence-corrected chi connectivity index (χ1v) is 6.86. The highest BCUT2D eigenvalue weighted by atomic mass is 32.2. The summed E-state index contributed by atoms with van der Waals surface area (Å²) in [5.74, 6) is 1.72. The van der Waals surface area contributed by atoms with Crippen molar-refractivity contribution in [2.75, 3.05) is 5.75 Å². The third-order valence-electron chi connectivity index (χ3n) is 3.16. The van der Waals surface area contributed by atoms with Crippen molar-refractivity contribution >= 4 is 27.7 Å². The van der Waals surface area contributed by atoms with Crippen LogP contribution in [0.5, 0.6) is 0 Å². The van der Waals surface area contributed by atoms with Crippen LogP contribution in [0, 0.1) is 5.92 Å². The molecule has 1 aliphatic heterocycles. The summed E-state index contributed by atoms with van der Waals surface area (Å²) < 4.78 is 0. The minimum atomic E-state index is 0.460. The summed E-state index contributed by atoms with van der Waals surface area (Å²) in [6.07, 6.45) is 5.74. The van der Waals surface area contributed by atoms with Crippen molar-refractivity contribution in [2.24, 2.45) is 10.9 Å². The number of hydrogen-bond acceptors (Lipinski definition) is 3. The number of nitrogens with zero attached hydrogens (tertiary/aromatic N) is 2. The second kappa shape index (κ2) is 4.18. The summed E-state index contributed by atoms with van der Waals surface area (Å²) in [6, 6.07) is 2.51. The van der Waals surface area contributed by atoms with Crippen LogP contribution in [0.3, 0.4) is 0 Å². The highest BCUT2D eigenvalue weighted by molar-refractivity contribution is 8.14. The molecule has 2 aromatic rings. The standard InChI is InChI=1S/C13H15N3S/c1-8(2)12-7-17-13(16-12)10-5-15-11-6-14-4-3-9(10)11/h3-6,8,12,15H,7H2,1-2H3. The van der Waals surface area contributed by atoms with E-state index >= 15 is 0 Å². The van der Waals surface area contributed by atoms with Gasteiger partial charge in [-0.15, -0.1) is 11.8 Å². The SMILES string of the molecule is CC(C)C1CSC(c2c[nH]c3cnccc23)=N1. The van der Waals surface area contributed by atoms with Crippen molar-refractivity contribution in [3.8, 4) is 0 Å². The zero-order valence-corrected chi connectivity index (χ0v) is 10.8. The Labute approximate surface area is 105 Å². The number of pyridine rings is 1. The van der Waals surface area contributed by atoms with Crippen molar-refractivity contribution in [1.82, 2.24) is 9.97 Å². The zero-order chi connectivity index (χ0) is 11.8. The second-order valence-electron chi connectivity index (χ2n) is 4.68. The molecule has 1 atom stereocenters. The molecule has 0 amide bonds. The molecule has 0 aromatic carbocycles. The molecule has 2 aromatic heterocycles. The van der Waals surface area contributed by atoms with E-state index in [1.165, 1.54) is 16.0 Å². The van der Waals surface area contributed by atoms with E-state index in [-0.39, 0.29) is 0 Å². The van der Waals surface area contributed by atoms with Crippen molar-refractivity contribution in [1.29, 1.82) is 0 Å². The van der Waals surface area contributed by atoms with E-state index in [1.54, 1.807) is 0 Å². The Morgan fingerprint density at radius 2 is 2.35 bits per heavy atom. The number of aromatic nitrogens is 2. The van der Waals surface area contributed by atoms with Crippen LogP contribution in [0.1, 0.15) is 19.4 Å². The minimum Gasteiger partial charge on any atom is -0.359 e. The van der Waals surface area contributed by atoms with E-state index in [0.717, 1.165) is 11.3 Å². The van der Waals surface area contributed by atoms with Gasteiger partial charge in [0.1, 0.15) is 5.04 Å². The predicted molar refractivity (Wildman–Crippen MR) is 73.7 cm³/mol. The molecule has 1 aliphatic rings. The van der Waals surface area contributed by atoms with Gasteiger partial charge in [-0.1, -0.05) is 13.8 Å². The minimum absolute atomic E-state index is 0.460. The first kappa shape index (κ1) is 10.8. The molecule has 3 heterocycles. The van der Waals surface area contributed by atoms with Gasteiger partial charge in [-0.2, -0.15) is 0 Å². The first-order valence-electron chi connectivity index (χ1n) is 5.88. The van der Waals surface area contributed by atoms with Gasteiger partial charge >= 0.3 is 0 Å². The number of H-pyrrole nitrogens is 1. The van der Waals surface area contributed by atoms with E-state index in [1.807, 2.05) is 36.4 Å². The number of fused-ring (bicyclic) bond motifs is 1. The Morgan fingerprint density at radius 1 is 1.47 bits per heavy atom. The lowest BCUT2D eigenvalue weighted by Gasteiger charge is -2.07. The Balaban J connectivity index is 2.03. The fourth-order valence-corrected chi connectivity index (χ4v) is 3.35. The number of rotatable bonds is 2. The second-order valence-corrected chi connectivity index (χ2v) is 5.69. The van der Waals surface area contributed by atoms with Gasteiger partial charge in [-0.25, -0.2) is 0 Å². The Bertz CT molecular complexity index is 571. The van der Waals surface area contributed by atoms with Crippen LogP contribution in [0.2, 0.25) is 0 Å². The van der Waals surface area contributed by atoms with Crippen LogP contribution in [-0.4, -0.2) is 26.8 Å². The average Bonchev–Trinajstić information content (AvgIpc) is 2.95. The molecule has 0 fully saturated rings. The van der Waals surface area contributed by atoms with Gasteiger partial charge in [-0.05, 0) is 12.0 Å². The summed E-state index contributed by atoms with van der Waals surface area (Å²) in [5, 5.41) is 2.39. The molecular formula is C13H15N3S. The smallest absolute Gasteiger partial charge is 0.100 e. The lowest BCUT2D eigenvalue weighted by Crippen LogP contribution is -2.11. The third-order valence-corrected chi connectivity index (χ3v) is 4.26. The number of aromatic amines is 1. The predicted octanol–water partition coefficient (Wildman–Crippen LogP) is 3.08. The summed E-state index contributed by atoms with van der Waals surface area (Å²) in [6.45, 7) is 4.47. The topological polar surface area (TPSA) is 41.0 Å². The van der Waals surface area contributed by atoms with Gasteiger partial charge in [0.05, 0.1) is 17.8 Å². The van der Waals surface area contributed by atoms with E-state index in [9.17, 15) is 0 Å². The molecule has 88 valence electrons. The lowest BCUT2D eigenvalue weighted by molar-refractivity contribution is 0.544. The van der Waals surface area contributed by atoms with Gasteiger partial charge in [-0.3, -0.25) is 9.98 Å². The summed E-state index contributed by atoms with van der Waals surface area (Å²) in [7, 11) is 0. The third kappa shape index (κ3) is 1.86. The summed E-state index contributed by atoms with van der Waals surface area (Å²) in [4.78, 5) is 12.2. The van der Waals surface area contributed by atoms with Crippen LogP contribution in [0.15, 0.2) is 29.6 Å². The van der Waals surface area contributed by atoms with E-state index in [0.29, 0.717) is 12.0 Å². The molecule has 3 nitrogen and oxygen atoms in total. The first-order chi connectivity index (χ1) is 8.25. The van der Waals surface area contributed by atoms with Gasteiger partial charge in [0, 0.05) is 29.1 Å². The van der Waals surface area contributed by atoms with Gasteiger partial charge in [0.15, 0.2) is 0 Å². The van der Waals surface area contributed by atoms with E-state index in [2.05, 4.69) is 23.8 Å². The fraction of sp³-hybridized carbons (Fsp3) is 0.385. The molecule has 0 radical (unpaired) electrons. The van der Waals surface area contributed by atoms with Gasteiger partial charge < -0.3 is 4.98 Å². The zero-order valence-electron chi connectivity index (χ0n) is 9.97. The fourth-order valence-electron chi connectivity index (χ4n) is 2.03. The maximum absolute atomic E-state index is 4.82. The van der Waals surface area contributed by atoms with Crippen LogP contribution in [0.4, 0.5) is 0 Å². The molecule has 4 heteroatoms. The molecule has 17 heavy (non-hydrogen) atoms. The van der Waals surface area contributed by atoms with Crippen LogP contribution >= 0.6 is 11.8 Å². The largest absolute Gasteiger partial charge is 0.359 e. The maximum Gasteiger partial charge on any atom is 0.100 e. The molecule has 0 spiro atoms. The van der Waals surface area contributed by atoms with Crippen LogP contribution in [-0.2, 0) is 0 Å². The quantitative estimate of drug-likeness (QED) is 0.883. The normalized spacial score (nSPS) is 20.2. The number of hydrogen-bond donors (Lipinski definition) is 1. The molecular weight excluding hydrogens is 230 g/mol. The Hall–Kier alpha value is -1.29. The van der Waals surface area contributed by atoms with Crippen LogP contribution in [0.25, 0.3) is 10.9 Å². The summed E-state index contributed by atoms with van der Waals surface area (Å²) in [5.41, 5.74) is 2.30. The van der Waals surface area contributed by atoms with Crippen molar-refractivity contribution in [3.05, 3.63) is 30.2 Å². The summed E-state index contributed by atoms with van der Waals surface area (Å²) >= 11 is 1.86. The van der Waals surface area contributed by atoms with Gasteiger partial charge in [0.2, 0.25) is 0 Å². The average molecular weight is 245 g/mol. The number of aliphatic imine (C=N–C) groups is 1. The monoisotopic (exact) mass is 245 g/mol. The van der Waals surface area contributed by atoms with Crippen molar-refractivity contribution in [2.45, 2.75) is 19.9 Å². The Morgan fingerprint density at radius 3 is 3.12 bits per heavy atom. The maximum atomic E-state index is 4.82. The molecule has 0 bridgehead atoms. The highest BCUT2D eigenvalue weighted by Crippen LogP contribution is 2.30. The molecule has 0 saturated carbocycles. The number of thioether (sulfide) groups is 1. The Kier molecular flexibility index (Phi) is 2.67. The number of nitrogens with one attached hydrogen (secondary N) is 1. The molecule has 0 aliphatic carbocycles.